The summed E-state index contributed by atoms with van der Waals surface area (Å²) in [5.41, 5.74) is 1.11. The van der Waals surface area contributed by atoms with Gasteiger partial charge in [-0.25, -0.2) is 4.98 Å². The first-order valence-corrected chi connectivity index (χ1v) is 8.99. The van der Waals surface area contributed by atoms with E-state index in [1.807, 2.05) is 13.1 Å². The number of amides is 1. The summed E-state index contributed by atoms with van der Waals surface area (Å²) in [6.45, 7) is 2.18. The summed E-state index contributed by atoms with van der Waals surface area (Å²) in [5.74, 6) is 0.246. The summed E-state index contributed by atoms with van der Waals surface area (Å²) in [7, 11) is 0. The molecule has 0 spiro atoms. The van der Waals surface area contributed by atoms with Crippen molar-refractivity contribution in [3.05, 3.63) is 59.5 Å². The number of halogens is 3. The Labute approximate surface area is 159 Å². The lowest BCUT2D eigenvalue weighted by molar-refractivity contribution is -0.137. The number of anilines is 1. The number of carbonyl (C=O) groups excluding carboxylic acids is 1. The van der Waals surface area contributed by atoms with Gasteiger partial charge in [-0.3, -0.25) is 4.79 Å². The van der Waals surface area contributed by atoms with Crippen LogP contribution < -0.4 is 10.1 Å². The summed E-state index contributed by atoms with van der Waals surface area (Å²) >= 11 is 0. The smallest absolute Gasteiger partial charge is 0.416 e. The molecular formula is C20H18F3N3O2. The molecule has 8 heteroatoms. The molecule has 1 fully saturated rings. The summed E-state index contributed by atoms with van der Waals surface area (Å²) in [6.07, 6.45) is 1.29. The number of ether oxygens (including phenoxy) is 1. The van der Waals surface area contributed by atoms with Crippen LogP contribution in [0.2, 0.25) is 0 Å². The number of rotatable bonds is 5. The minimum absolute atomic E-state index is 0.0818. The molecule has 146 valence electrons. The van der Waals surface area contributed by atoms with E-state index in [1.54, 1.807) is 16.7 Å². The number of fused-ring (bicyclic) bond motifs is 1. The SMILES string of the molecule is CCOc1cc2nc(C3CC3)cn2cc1NC(=O)c1cccc(C(F)(F)F)c1. The maximum Gasteiger partial charge on any atom is 0.416 e. The van der Waals surface area contributed by atoms with Gasteiger partial charge in [0, 0.05) is 29.9 Å². The van der Waals surface area contributed by atoms with Crippen LogP contribution in [0.5, 0.6) is 5.75 Å². The fourth-order valence-corrected chi connectivity index (χ4v) is 3.01. The molecule has 0 bridgehead atoms. The third kappa shape index (κ3) is 3.67. The number of carbonyl (C=O) groups is 1. The lowest BCUT2D eigenvalue weighted by Gasteiger charge is -2.13. The van der Waals surface area contributed by atoms with Crippen LogP contribution in [-0.4, -0.2) is 21.9 Å². The second-order valence-corrected chi connectivity index (χ2v) is 6.72. The minimum Gasteiger partial charge on any atom is -0.491 e. The Bertz CT molecular complexity index is 1040. The van der Waals surface area contributed by atoms with Crippen molar-refractivity contribution in [2.75, 3.05) is 11.9 Å². The zero-order valence-electron chi connectivity index (χ0n) is 15.1. The van der Waals surface area contributed by atoms with Crippen LogP contribution in [0.3, 0.4) is 0 Å². The highest BCUT2D eigenvalue weighted by Crippen LogP contribution is 2.40. The van der Waals surface area contributed by atoms with Gasteiger partial charge < -0.3 is 14.5 Å². The maximum atomic E-state index is 12.9. The van der Waals surface area contributed by atoms with Gasteiger partial charge in [-0.1, -0.05) is 6.07 Å². The van der Waals surface area contributed by atoms with E-state index >= 15 is 0 Å². The van der Waals surface area contributed by atoms with Gasteiger partial charge in [0.15, 0.2) is 0 Å². The molecule has 0 unspecified atom stereocenters. The highest BCUT2D eigenvalue weighted by molar-refractivity contribution is 6.05. The van der Waals surface area contributed by atoms with Crippen molar-refractivity contribution in [2.45, 2.75) is 31.9 Å². The number of hydrogen-bond acceptors (Lipinski definition) is 3. The molecule has 28 heavy (non-hydrogen) atoms. The maximum absolute atomic E-state index is 12.9. The topological polar surface area (TPSA) is 55.6 Å². The quantitative estimate of drug-likeness (QED) is 0.677. The highest BCUT2D eigenvalue weighted by Gasteiger charge is 2.31. The van der Waals surface area contributed by atoms with Crippen LogP contribution in [0.4, 0.5) is 18.9 Å². The summed E-state index contributed by atoms with van der Waals surface area (Å²) in [5, 5.41) is 2.66. The number of pyridine rings is 1. The molecule has 1 aliphatic carbocycles. The third-order valence-corrected chi connectivity index (χ3v) is 4.57. The average molecular weight is 389 g/mol. The van der Waals surface area contributed by atoms with Crippen LogP contribution in [0.1, 0.15) is 47.3 Å². The lowest BCUT2D eigenvalue weighted by atomic mass is 10.1. The molecule has 1 N–H and O–H groups in total. The van der Waals surface area contributed by atoms with Crippen LogP contribution in [0.25, 0.3) is 5.65 Å². The van der Waals surface area contributed by atoms with Crippen molar-refractivity contribution in [1.29, 1.82) is 0 Å². The van der Waals surface area contributed by atoms with Gasteiger partial charge in [-0.2, -0.15) is 13.2 Å². The Kier molecular flexibility index (Phi) is 4.49. The van der Waals surface area contributed by atoms with E-state index in [2.05, 4.69) is 10.3 Å². The number of nitrogens with zero attached hydrogens (tertiary/aromatic N) is 2. The van der Waals surface area contributed by atoms with Crippen molar-refractivity contribution in [2.24, 2.45) is 0 Å². The van der Waals surface area contributed by atoms with Crippen molar-refractivity contribution < 1.29 is 22.7 Å². The van der Waals surface area contributed by atoms with E-state index < -0.39 is 17.6 Å². The first-order chi connectivity index (χ1) is 13.3. The Balaban J connectivity index is 1.66. The van der Waals surface area contributed by atoms with Gasteiger partial charge >= 0.3 is 6.18 Å². The molecule has 1 amide bonds. The molecule has 2 aromatic heterocycles. The van der Waals surface area contributed by atoms with Crippen LogP contribution in [0, 0.1) is 0 Å². The van der Waals surface area contributed by atoms with Crippen molar-refractivity contribution >= 4 is 17.2 Å². The van der Waals surface area contributed by atoms with Crippen LogP contribution in [0.15, 0.2) is 42.7 Å². The number of alkyl halides is 3. The Morgan fingerprint density at radius 1 is 1.29 bits per heavy atom. The van der Waals surface area contributed by atoms with Crippen molar-refractivity contribution in [1.82, 2.24) is 9.38 Å². The average Bonchev–Trinajstić information content (AvgIpc) is 3.42. The zero-order chi connectivity index (χ0) is 19.9. The van der Waals surface area contributed by atoms with Gasteiger partial charge in [0.25, 0.3) is 5.91 Å². The number of hydrogen-bond donors (Lipinski definition) is 1. The monoisotopic (exact) mass is 389 g/mol. The van der Waals surface area contributed by atoms with Crippen molar-refractivity contribution in [3.63, 3.8) is 0 Å². The van der Waals surface area contributed by atoms with Gasteiger partial charge in [-0.15, -0.1) is 0 Å². The molecule has 1 aromatic carbocycles. The van der Waals surface area contributed by atoms with E-state index in [9.17, 15) is 18.0 Å². The second-order valence-electron chi connectivity index (χ2n) is 6.72. The third-order valence-electron chi connectivity index (χ3n) is 4.57. The van der Waals surface area contributed by atoms with Crippen LogP contribution >= 0.6 is 0 Å². The fourth-order valence-electron chi connectivity index (χ4n) is 3.01. The molecule has 5 nitrogen and oxygen atoms in total. The minimum atomic E-state index is -4.51. The predicted molar refractivity (Wildman–Crippen MR) is 97.7 cm³/mol. The molecule has 4 rings (SSSR count). The predicted octanol–water partition coefficient (Wildman–Crippen LogP) is 4.88. The Morgan fingerprint density at radius 2 is 2.07 bits per heavy atom. The lowest BCUT2D eigenvalue weighted by Crippen LogP contribution is -2.15. The Morgan fingerprint density at radius 3 is 2.75 bits per heavy atom. The van der Waals surface area contributed by atoms with Gasteiger partial charge in [0.2, 0.25) is 0 Å². The summed E-state index contributed by atoms with van der Waals surface area (Å²) in [4.78, 5) is 17.1. The van der Waals surface area contributed by atoms with Crippen molar-refractivity contribution in [3.8, 4) is 5.75 Å². The summed E-state index contributed by atoms with van der Waals surface area (Å²) < 4.78 is 46.1. The molecule has 0 atom stereocenters. The van der Waals surface area contributed by atoms with E-state index in [4.69, 9.17) is 4.74 Å². The summed E-state index contributed by atoms with van der Waals surface area (Å²) in [6, 6.07) is 6.03. The molecule has 1 saturated carbocycles. The van der Waals surface area contributed by atoms with E-state index in [0.717, 1.165) is 30.7 Å². The first-order valence-electron chi connectivity index (χ1n) is 8.99. The number of benzene rings is 1. The van der Waals surface area contributed by atoms with Crippen LogP contribution in [-0.2, 0) is 6.18 Å². The van der Waals surface area contributed by atoms with Gasteiger partial charge in [-0.05, 0) is 38.0 Å². The zero-order valence-corrected chi connectivity index (χ0v) is 15.1. The molecule has 0 radical (unpaired) electrons. The molecule has 2 heterocycles. The van der Waals surface area contributed by atoms with Gasteiger partial charge in [0.1, 0.15) is 17.1 Å². The molecule has 0 aliphatic heterocycles. The standard InChI is InChI=1S/C20H18F3N3O2/c1-2-28-17-9-18-24-15(12-6-7-12)10-26(18)11-16(17)25-19(27)13-4-3-5-14(8-13)20(21,22)23/h3-5,8-12H,2,6-7H2,1H3,(H,25,27). The Hall–Kier alpha value is -3.03. The fraction of sp³-hybridized carbons (Fsp3) is 0.300. The van der Waals surface area contributed by atoms with E-state index in [1.165, 1.54) is 12.1 Å². The highest BCUT2D eigenvalue weighted by atomic mass is 19.4. The molecular weight excluding hydrogens is 371 g/mol. The number of nitrogens with one attached hydrogen (secondary N) is 1. The van der Waals surface area contributed by atoms with E-state index in [-0.39, 0.29) is 5.56 Å². The largest absolute Gasteiger partial charge is 0.491 e. The molecule has 1 aliphatic rings. The number of imidazole rings is 1. The van der Waals surface area contributed by atoms with E-state index in [0.29, 0.717) is 29.6 Å². The normalized spacial score (nSPS) is 14.3. The second kappa shape index (κ2) is 6.85. The first kappa shape index (κ1) is 18.3. The molecule has 3 aromatic rings. The molecule has 0 saturated heterocycles. The number of aromatic nitrogens is 2. The van der Waals surface area contributed by atoms with Gasteiger partial charge in [0.05, 0.1) is 17.9 Å².